The zero-order chi connectivity index (χ0) is 21.4. The molecule has 5 heteroatoms. The van der Waals surface area contributed by atoms with E-state index in [1.165, 1.54) is 22.3 Å². The first-order valence-electron chi connectivity index (χ1n) is 11.4. The van der Waals surface area contributed by atoms with Crippen LogP contribution in [-0.4, -0.2) is 55.2 Å². The molecule has 2 heterocycles. The highest BCUT2D eigenvalue weighted by molar-refractivity contribution is 5.97. The first-order valence-corrected chi connectivity index (χ1v) is 11.4. The first kappa shape index (κ1) is 20.1. The third-order valence-electron chi connectivity index (χ3n) is 6.93. The maximum Gasteiger partial charge on any atom is 0.245 e. The lowest BCUT2D eigenvalue weighted by molar-refractivity contribution is 0.0845. The Labute approximate surface area is 184 Å². The van der Waals surface area contributed by atoms with Crippen molar-refractivity contribution in [1.82, 2.24) is 9.47 Å². The minimum atomic E-state index is 0.213. The minimum Gasteiger partial charge on any atom is -0.497 e. The Balaban J connectivity index is 1.30. The molecule has 162 valence electrons. The largest absolute Gasteiger partial charge is 0.497 e. The van der Waals surface area contributed by atoms with Gasteiger partial charge in [0.15, 0.2) is 0 Å². The second-order valence-corrected chi connectivity index (χ2v) is 8.98. The van der Waals surface area contributed by atoms with Crippen molar-refractivity contribution >= 4 is 22.5 Å². The average Bonchev–Trinajstić information content (AvgIpc) is 3.13. The van der Waals surface area contributed by atoms with Crippen molar-refractivity contribution < 1.29 is 9.53 Å². The normalized spacial score (nSPS) is 19.4. The van der Waals surface area contributed by atoms with Crippen LogP contribution in [0, 0.1) is 5.92 Å². The van der Waals surface area contributed by atoms with Crippen molar-refractivity contribution in [2.24, 2.45) is 5.92 Å². The van der Waals surface area contributed by atoms with Gasteiger partial charge in [-0.25, -0.2) is 0 Å². The number of carbonyl (C=O) groups excluding carboxylic acids is 1. The molecule has 0 radical (unpaired) electrons. The Bertz CT molecular complexity index is 1080. The Morgan fingerprint density at radius 1 is 1.03 bits per heavy atom. The summed E-state index contributed by atoms with van der Waals surface area (Å²) in [5, 5.41) is 1.27. The maximum atomic E-state index is 13.5. The molecule has 1 aliphatic heterocycles. The fourth-order valence-corrected chi connectivity index (χ4v) is 5.19. The number of ether oxygens (including phenoxy) is 1. The number of hydrogen-bond donors (Lipinski definition) is 0. The van der Waals surface area contributed by atoms with Crippen LogP contribution in [-0.2, 0) is 12.8 Å². The molecule has 1 atom stereocenters. The molecule has 0 saturated carbocycles. The fraction of sp³-hybridized carbons (Fsp3) is 0.423. The van der Waals surface area contributed by atoms with Gasteiger partial charge in [0.25, 0.3) is 0 Å². The highest BCUT2D eigenvalue weighted by atomic mass is 16.5. The smallest absolute Gasteiger partial charge is 0.245 e. The van der Waals surface area contributed by atoms with E-state index in [0.717, 1.165) is 56.7 Å². The summed E-state index contributed by atoms with van der Waals surface area (Å²) in [5.41, 5.74) is 4.95. The quantitative estimate of drug-likeness (QED) is 0.637. The Morgan fingerprint density at radius 2 is 1.77 bits per heavy atom. The van der Waals surface area contributed by atoms with Crippen molar-refractivity contribution in [2.75, 3.05) is 44.7 Å². The summed E-state index contributed by atoms with van der Waals surface area (Å²) in [7, 11) is 1.69. The van der Waals surface area contributed by atoms with Gasteiger partial charge in [0.2, 0.25) is 5.91 Å². The average molecular weight is 418 g/mol. The molecule has 1 fully saturated rings. The third-order valence-corrected chi connectivity index (χ3v) is 6.93. The first-order chi connectivity index (χ1) is 15.1. The number of benzene rings is 2. The van der Waals surface area contributed by atoms with Crippen molar-refractivity contribution in [3.8, 4) is 5.75 Å². The number of nitrogens with zero attached hydrogens (tertiary/aromatic N) is 3. The number of hydrogen-bond acceptors (Lipinski definition) is 4. The van der Waals surface area contributed by atoms with Crippen molar-refractivity contribution in [1.29, 1.82) is 0 Å². The molecular formula is C26H31N3O2. The van der Waals surface area contributed by atoms with Gasteiger partial charge >= 0.3 is 0 Å². The van der Waals surface area contributed by atoms with E-state index < -0.39 is 0 Å². The summed E-state index contributed by atoms with van der Waals surface area (Å²) >= 11 is 0. The SMILES string of the molecule is COc1ccc(N2CCN(CC(=O)n3c4c(c5ccccc53)C[C@@H](C)CC4)CC2)cc1. The summed E-state index contributed by atoms with van der Waals surface area (Å²) < 4.78 is 7.30. The van der Waals surface area contributed by atoms with E-state index in [2.05, 4.69) is 53.1 Å². The molecule has 0 amide bonds. The molecule has 1 aromatic heterocycles. The number of aromatic nitrogens is 1. The van der Waals surface area contributed by atoms with Crippen LogP contribution in [0.4, 0.5) is 5.69 Å². The molecule has 5 rings (SSSR count). The molecule has 0 spiro atoms. The van der Waals surface area contributed by atoms with Crippen LogP contribution < -0.4 is 9.64 Å². The number of para-hydroxylation sites is 1. The summed E-state index contributed by atoms with van der Waals surface area (Å²) in [5.74, 6) is 1.78. The second kappa shape index (κ2) is 8.39. The fourth-order valence-electron chi connectivity index (χ4n) is 5.19. The highest BCUT2D eigenvalue weighted by Crippen LogP contribution is 2.34. The second-order valence-electron chi connectivity index (χ2n) is 8.98. The van der Waals surface area contributed by atoms with Gasteiger partial charge in [-0.05, 0) is 61.1 Å². The van der Waals surface area contributed by atoms with E-state index in [-0.39, 0.29) is 5.91 Å². The van der Waals surface area contributed by atoms with Crippen LogP contribution in [0.3, 0.4) is 0 Å². The third kappa shape index (κ3) is 3.83. The molecule has 0 unspecified atom stereocenters. The van der Waals surface area contributed by atoms with Gasteiger partial charge in [-0.1, -0.05) is 25.1 Å². The number of anilines is 1. The molecule has 2 aromatic carbocycles. The van der Waals surface area contributed by atoms with Crippen LogP contribution in [0.1, 0.15) is 29.4 Å². The lowest BCUT2D eigenvalue weighted by atomic mass is 9.88. The zero-order valence-electron chi connectivity index (χ0n) is 18.5. The Kier molecular flexibility index (Phi) is 5.45. The highest BCUT2D eigenvalue weighted by Gasteiger charge is 2.27. The lowest BCUT2D eigenvalue weighted by Gasteiger charge is -2.36. The van der Waals surface area contributed by atoms with Gasteiger partial charge in [0.1, 0.15) is 5.75 Å². The van der Waals surface area contributed by atoms with Crippen LogP contribution in [0.15, 0.2) is 48.5 Å². The molecule has 2 aliphatic rings. The number of fused-ring (bicyclic) bond motifs is 3. The summed E-state index contributed by atoms with van der Waals surface area (Å²) in [6.07, 6.45) is 3.25. The van der Waals surface area contributed by atoms with Gasteiger partial charge in [-0.2, -0.15) is 0 Å². The van der Waals surface area contributed by atoms with E-state index in [0.29, 0.717) is 12.5 Å². The van der Waals surface area contributed by atoms with E-state index in [1.54, 1.807) is 7.11 Å². The monoisotopic (exact) mass is 417 g/mol. The van der Waals surface area contributed by atoms with Crippen molar-refractivity contribution in [3.05, 3.63) is 59.8 Å². The van der Waals surface area contributed by atoms with Crippen molar-refractivity contribution in [3.63, 3.8) is 0 Å². The van der Waals surface area contributed by atoms with E-state index >= 15 is 0 Å². The zero-order valence-corrected chi connectivity index (χ0v) is 18.5. The van der Waals surface area contributed by atoms with Gasteiger partial charge in [-0.15, -0.1) is 0 Å². The molecule has 0 N–H and O–H groups in total. The Hall–Kier alpha value is -2.79. The minimum absolute atomic E-state index is 0.213. The summed E-state index contributed by atoms with van der Waals surface area (Å²) in [6, 6.07) is 16.7. The Morgan fingerprint density at radius 3 is 2.52 bits per heavy atom. The van der Waals surface area contributed by atoms with Gasteiger partial charge < -0.3 is 9.64 Å². The summed E-state index contributed by atoms with van der Waals surface area (Å²) in [4.78, 5) is 18.1. The molecule has 3 aromatic rings. The van der Waals surface area contributed by atoms with E-state index in [4.69, 9.17) is 4.74 Å². The standard InChI is InChI=1S/C26H31N3O2/c1-19-7-12-25-23(17-19)22-5-3-4-6-24(22)29(25)26(30)18-27-13-15-28(16-14-27)20-8-10-21(31-2)11-9-20/h3-6,8-11,19H,7,12-18H2,1-2H3/t19-/m0/s1. The number of methoxy groups -OCH3 is 1. The maximum absolute atomic E-state index is 13.5. The predicted octanol–water partition coefficient (Wildman–Crippen LogP) is 4.24. The molecule has 31 heavy (non-hydrogen) atoms. The molecule has 0 bridgehead atoms. The van der Waals surface area contributed by atoms with Crippen LogP contribution in [0.5, 0.6) is 5.75 Å². The van der Waals surface area contributed by atoms with Gasteiger partial charge in [0, 0.05) is 42.9 Å². The summed E-state index contributed by atoms with van der Waals surface area (Å²) in [6.45, 7) is 6.46. The lowest BCUT2D eigenvalue weighted by Crippen LogP contribution is -2.48. The van der Waals surface area contributed by atoms with Crippen LogP contribution >= 0.6 is 0 Å². The van der Waals surface area contributed by atoms with Crippen LogP contribution in [0.2, 0.25) is 0 Å². The van der Waals surface area contributed by atoms with E-state index in [9.17, 15) is 4.79 Å². The van der Waals surface area contributed by atoms with Crippen molar-refractivity contribution in [2.45, 2.75) is 26.2 Å². The number of rotatable bonds is 4. The predicted molar refractivity (Wildman–Crippen MR) is 125 cm³/mol. The number of piperazine rings is 1. The molecule has 1 saturated heterocycles. The van der Waals surface area contributed by atoms with E-state index in [1.807, 2.05) is 16.7 Å². The van der Waals surface area contributed by atoms with Gasteiger partial charge in [-0.3, -0.25) is 14.3 Å². The van der Waals surface area contributed by atoms with Crippen LogP contribution in [0.25, 0.3) is 10.9 Å². The van der Waals surface area contributed by atoms with Gasteiger partial charge in [0.05, 0.1) is 19.2 Å². The molecule has 1 aliphatic carbocycles. The molecular weight excluding hydrogens is 386 g/mol. The molecule has 5 nitrogen and oxygen atoms in total. The number of carbonyl (C=O) groups is 1. The topological polar surface area (TPSA) is 37.7 Å².